The van der Waals surface area contributed by atoms with Crippen molar-refractivity contribution < 1.29 is 0 Å². The van der Waals surface area contributed by atoms with E-state index in [9.17, 15) is 0 Å². The van der Waals surface area contributed by atoms with Crippen LogP contribution in [-0.2, 0) is 20.1 Å². The molecule has 0 unspecified atom stereocenters. The quantitative estimate of drug-likeness (QED) is 0.311. The van der Waals surface area contributed by atoms with E-state index in [0.29, 0.717) is 18.6 Å². The number of likely N-dealkylation sites (tertiary alicyclic amines) is 1. The summed E-state index contributed by atoms with van der Waals surface area (Å²) in [6, 6.07) is 9.16. The van der Waals surface area contributed by atoms with Gasteiger partial charge in [-0.25, -0.2) is 4.99 Å². The van der Waals surface area contributed by atoms with Gasteiger partial charge in [-0.1, -0.05) is 36.6 Å². The lowest BCUT2D eigenvalue weighted by atomic mass is 10.0. The van der Waals surface area contributed by atoms with E-state index in [1.165, 1.54) is 31.2 Å². The second-order valence-corrected chi connectivity index (χ2v) is 9.27. The van der Waals surface area contributed by atoms with Crippen molar-refractivity contribution in [2.24, 2.45) is 12.0 Å². The van der Waals surface area contributed by atoms with Crippen molar-refractivity contribution in [1.82, 2.24) is 30.3 Å². The lowest BCUT2D eigenvalue weighted by molar-refractivity contribution is 0.198. The Labute approximate surface area is 213 Å². The van der Waals surface area contributed by atoms with Crippen molar-refractivity contribution in [3.63, 3.8) is 0 Å². The van der Waals surface area contributed by atoms with E-state index in [0.717, 1.165) is 55.1 Å². The first kappa shape index (κ1) is 25.2. The lowest BCUT2D eigenvalue weighted by Gasteiger charge is -2.33. The fourth-order valence-electron chi connectivity index (χ4n) is 4.41. The Kier molecular flexibility index (Phi) is 9.61. The second kappa shape index (κ2) is 12.2. The molecule has 1 saturated heterocycles. The van der Waals surface area contributed by atoms with Crippen LogP contribution in [0, 0.1) is 6.92 Å². The number of rotatable bonds is 6. The van der Waals surface area contributed by atoms with E-state index in [2.05, 4.69) is 37.9 Å². The Morgan fingerprint density at radius 3 is 2.25 bits per heavy atom. The number of guanidine groups is 1. The molecular formula is C23H35ClIN7. The molecule has 1 aromatic carbocycles. The number of nitrogens with zero attached hydrogens (tertiary/aromatic N) is 5. The minimum absolute atomic E-state index is 0. The van der Waals surface area contributed by atoms with Crippen LogP contribution < -0.4 is 10.6 Å². The van der Waals surface area contributed by atoms with Crippen molar-refractivity contribution in [3.05, 3.63) is 46.5 Å². The van der Waals surface area contributed by atoms with Crippen molar-refractivity contribution >= 4 is 41.5 Å². The highest BCUT2D eigenvalue weighted by atomic mass is 127. The predicted octanol–water partition coefficient (Wildman–Crippen LogP) is 4.04. The molecule has 0 spiro atoms. The largest absolute Gasteiger partial charge is 0.354 e. The van der Waals surface area contributed by atoms with Crippen molar-refractivity contribution in [2.45, 2.75) is 70.6 Å². The molecule has 1 aliphatic carbocycles. The third-order valence-corrected chi connectivity index (χ3v) is 6.76. The van der Waals surface area contributed by atoms with Gasteiger partial charge in [0.2, 0.25) is 0 Å². The molecule has 0 bridgehead atoms. The Morgan fingerprint density at radius 2 is 1.66 bits per heavy atom. The van der Waals surface area contributed by atoms with Gasteiger partial charge in [0.05, 0.1) is 0 Å². The molecule has 2 heterocycles. The lowest BCUT2D eigenvalue weighted by Crippen LogP contribution is -2.50. The molecule has 176 valence electrons. The normalized spacial score (nSPS) is 18.5. The number of aryl methyl sites for hydroxylation is 1. The zero-order valence-electron chi connectivity index (χ0n) is 19.1. The van der Waals surface area contributed by atoms with Gasteiger partial charge in [0, 0.05) is 43.8 Å². The third-order valence-electron chi connectivity index (χ3n) is 6.51. The van der Waals surface area contributed by atoms with Gasteiger partial charge in [-0.15, -0.1) is 34.2 Å². The van der Waals surface area contributed by atoms with E-state index < -0.39 is 0 Å². The highest BCUT2D eigenvalue weighted by Crippen LogP contribution is 2.19. The molecule has 1 aromatic heterocycles. The summed E-state index contributed by atoms with van der Waals surface area (Å²) in [6.07, 6.45) is 7.28. The molecule has 0 radical (unpaired) electrons. The molecule has 9 heteroatoms. The molecular weight excluding hydrogens is 537 g/mol. The minimum atomic E-state index is 0. The molecule has 7 nitrogen and oxygen atoms in total. The number of hydrogen-bond acceptors (Lipinski definition) is 4. The van der Waals surface area contributed by atoms with Crippen LogP contribution in [0.25, 0.3) is 0 Å². The maximum atomic E-state index is 6.01. The van der Waals surface area contributed by atoms with E-state index in [1.54, 1.807) is 0 Å². The van der Waals surface area contributed by atoms with Crippen molar-refractivity contribution in [3.8, 4) is 0 Å². The van der Waals surface area contributed by atoms with E-state index in [-0.39, 0.29) is 24.0 Å². The zero-order valence-corrected chi connectivity index (χ0v) is 22.1. The molecule has 2 fully saturated rings. The van der Waals surface area contributed by atoms with Crippen LogP contribution in [0.1, 0.15) is 55.7 Å². The summed E-state index contributed by atoms with van der Waals surface area (Å²) in [5.74, 6) is 2.73. The van der Waals surface area contributed by atoms with Gasteiger partial charge in [0.1, 0.15) is 12.4 Å². The van der Waals surface area contributed by atoms with Gasteiger partial charge in [0.25, 0.3) is 0 Å². The van der Waals surface area contributed by atoms with Gasteiger partial charge < -0.3 is 15.2 Å². The first-order chi connectivity index (χ1) is 15.1. The molecule has 0 amide bonds. The Morgan fingerprint density at radius 1 is 1.03 bits per heavy atom. The maximum Gasteiger partial charge on any atom is 0.192 e. The summed E-state index contributed by atoms with van der Waals surface area (Å²) in [5, 5.41) is 16.6. The Bertz CT molecular complexity index is 869. The van der Waals surface area contributed by atoms with Gasteiger partial charge in [-0.05, 0) is 50.3 Å². The molecule has 1 saturated carbocycles. The van der Waals surface area contributed by atoms with Crippen LogP contribution >= 0.6 is 35.6 Å². The van der Waals surface area contributed by atoms with Gasteiger partial charge >= 0.3 is 0 Å². The average Bonchev–Trinajstić information content (AvgIpc) is 3.40. The third kappa shape index (κ3) is 7.05. The summed E-state index contributed by atoms with van der Waals surface area (Å²) < 4.78 is 2.01. The monoisotopic (exact) mass is 571 g/mol. The van der Waals surface area contributed by atoms with E-state index in [4.69, 9.17) is 16.6 Å². The number of aromatic nitrogens is 3. The summed E-state index contributed by atoms with van der Waals surface area (Å²) in [6.45, 7) is 5.65. The second-order valence-electron chi connectivity index (χ2n) is 8.83. The zero-order chi connectivity index (χ0) is 21.6. The smallest absolute Gasteiger partial charge is 0.192 e. The van der Waals surface area contributed by atoms with Crippen LogP contribution in [0.15, 0.2) is 29.3 Å². The molecule has 0 atom stereocenters. The number of piperidine rings is 1. The molecule has 2 aromatic rings. The number of hydrogen-bond donors (Lipinski definition) is 2. The highest BCUT2D eigenvalue weighted by Gasteiger charge is 2.22. The number of benzene rings is 1. The summed E-state index contributed by atoms with van der Waals surface area (Å²) in [7, 11) is 1.99. The number of nitrogens with one attached hydrogen (secondary N) is 2. The Hall–Kier alpha value is -1.39. The standard InChI is InChI=1S/C23H34ClN7.HI/c1-17-28-29-22(30(17)2)15-25-23(26-20-5-3-4-6-20)27-21-11-13-31(14-12-21)16-18-7-9-19(24)10-8-18;/h7-10,20-21H,3-6,11-16H2,1-2H3,(H2,25,26,27);1H. The van der Waals surface area contributed by atoms with Gasteiger partial charge in [-0.3, -0.25) is 4.90 Å². The molecule has 2 N–H and O–H groups in total. The molecule has 4 rings (SSSR count). The first-order valence-electron chi connectivity index (χ1n) is 11.5. The fraction of sp³-hybridized carbons (Fsp3) is 0.609. The van der Waals surface area contributed by atoms with Gasteiger partial charge in [-0.2, -0.15) is 0 Å². The summed E-state index contributed by atoms with van der Waals surface area (Å²) in [5.41, 5.74) is 1.32. The predicted molar refractivity (Wildman–Crippen MR) is 141 cm³/mol. The first-order valence-corrected chi connectivity index (χ1v) is 11.8. The summed E-state index contributed by atoms with van der Waals surface area (Å²) in [4.78, 5) is 7.38. The highest BCUT2D eigenvalue weighted by molar-refractivity contribution is 14.0. The van der Waals surface area contributed by atoms with E-state index in [1.807, 2.05) is 30.7 Å². The molecule has 1 aliphatic heterocycles. The topological polar surface area (TPSA) is 70.4 Å². The number of aliphatic imine (C=N–C) groups is 1. The molecule has 32 heavy (non-hydrogen) atoms. The van der Waals surface area contributed by atoms with Crippen molar-refractivity contribution in [2.75, 3.05) is 13.1 Å². The fourth-order valence-corrected chi connectivity index (χ4v) is 4.54. The average molecular weight is 572 g/mol. The maximum absolute atomic E-state index is 6.01. The van der Waals surface area contributed by atoms with Gasteiger partial charge in [0.15, 0.2) is 11.8 Å². The van der Waals surface area contributed by atoms with Crippen LogP contribution in [0.4, 0.5) is 0 Å². The van der Waals surface area contributed by atoms with E-state index >= 15 is 0 Å². The SMILES string of the molecule is Cc1nnc(CN=C(NC2CCCC2)NC2CCN(Cc3ccc(Cl)cc3)CC2)n1C.I. The van der Waals surface area contributed by atoms with Crippen LogP contribution in [0.2, 0.25) is 5.02 Å². The van der Waals surface area contributed by atoms with Crippen LogP contribution in [-0.4, -0.2) is 50.8 Å². The molecule has 2 aliphatic rings. The summed E-state index contributed by atoms with van der Waals surface area (Å²) >= 11 is 6.01. The Balaban J connectivity index is 0.00000289. The van der Waals surface area contributed by atoms with Crippen molar-refractivity contribution in [1.29, 1.82) is 0 Å². The van der Waals surface area contributed by atoms with Crippen LogP contribution in [0.3, 0.4) is 0 Å². The van der Waals surface area contributed by atoms with Crippen LogP contribution in [0.5, 0.6) is 0 Å². The number of halogens is 2. The minimum Gasteiger partial charge on any atom is -0.354 e.